The van der Waals surface area contributed by atoms with Crippen molar-refractivity contribution in [3.05, 3.63) is 89.7 Å². The highest BCUT2D eigenvalue weighted by Gasteiger charge is 2.32. The van der Waals surface area contributed by atoms with Crippen LogP contribution >= 0.6 is 0 Å². The van der Waals surface area contributed by atoms with E-state index in [0.717, 1.165) is 12.1 Å². The molecule has 33 heavy (non-hydrogen) atoms. The van der Waals surface area contributed by atoms with Crippen LogP contribution in [0.4, 0.5) is 13.2 Å². The molecule has 9 heteroatoms. The SMILES string of the molecule is O=C(c1ccc(Oc2cccnc2)cc1)N1CCN(C(=O)c2cccc(C(F)(F)F)c2)CC1. The van der Waals surface area contributed by atoms with Gasteiger partial charge in [0.1, 0.15) is 11.5 Å². The second-order valence-corrected chi connectivity index (χ2v) is 7.48. The first-order valence-corrected chi connectivity index (χ1v) is 10.2. The zero-order chi connectivity index (χ0) is 23.4. The van der Waals surface area contributed by atoms with Crippen molar-refractivity contribution in [1.82, 2.24) is 14.8 Å². The van der Waals surface area contributed by atoms with E-state index in [1.165, 1.54) is 17.0 Å². The van der Waals surface area contributed by atoms with Gasteiger partial charge in [-0.2, -0.15) is 13.2 Å². The van der Waals surface area contributed by atoms with Crippen LogP contribution < -0.4 is 4.74 Å². The summed E-state index contributed by atoms with van der Waals surface area (Å²) in [6, 6.07) is 14.6. The fraction of sp³-hybridized carbons (Fsp3) is 0.208. The van der Waals surface area contributed by atoms with Crippen molar-refractivity contribution in [2.75, 3.05) is 26.2 Å². The van der Waals surface area contributed by atoms with Crippen LogP contribution in [0.2, 0.25) is 0 Å². The number of alkyl halides is 3. The predicted molar refractivity (Wildman–Crippen MR) is 114 cm³/mol. The molecule has 0 spiro atoms. The first kappa shape index (κ1) is 22.3. The highest BCUT2D eigenvalue weighted by molar-refractivity contribution is 5.96. The number of benzene rings is 2. The maximum Gasteiger partial charge on any atom is 0.416 e. The minimum atomic E-state index is -4.51. The minimum absolute atomic E-state index is 0.0196. The first-order chi connectivity index (χ1) is 15.8. The molecule has 6 nitrogen and oxygen atoms in total. The van der Waals surface area contributed by atoms with Gasteiger partial charge >= 0.3 is 6.18 Å². The maximum absolute atomic E-state index is 12.9. The molecule has 2 aromatic carbocycles. The van der Waals surface area contributed by atoms with E-state index in [4.69, 9.17) is 4.74 Å². The van der Waals surface area contributed by atoms with Crippen LogP contribution in [-0.2, 0) is 6.18 Å². The number of rotatable bonds is 4. The largest absolute Gasteiger partial charge is 0.456 e. The van der Waals surface area contributed by atoms with Crippen molar-refractivity contribution in [3.8, 4) is 11.5 Å². The van der Waals surface area contributed by atoms with Crippen molar-refractivity contribution in [3.63, 3.8) is 0 Å². The summed E-state index contributed by atoms with van der Waals surface area (Å²) in [5.41, 5.74) is -0.405. The molecule has 1 aliphatic heterocycles. The average molecular weight is 455 g/mol. The lowest BCUT2D eigenvalue weighted by atomic mass is 10.1. The summed E-state index contributed by atoms with van der Waals surface area (Å²) in [7, 11) is 0. The van der Waals surface area contributed by atoms with Gasteiger partial charge in [-0.1, -0.05) is 6.07 Å². The van der Waals surface area contributed by atoms with Crippen molar-refractivity contribution in [2.24, 2.45) is 0 Å². The van der Waals surface area contributed by atoms with E-state index in [2.05, 4.69) is 4.98 Å². The van der Waals surface area contributed by atoms with Gasteiger partial charge in [-0.15, -0.1) is 0 Å². The molecule has 1 aliphatic rings. The number of pyridine rings is 1. The molecule has 0 atom stereocenters. The van der Waals surface area contributed by atoms with Gasteiger partial charge in [-0.05, 0) is 54.6 Å². The number of aromatic nitrogens is 1. The molecule has 2 amide bonds. The Bertz CT molecular complexity index is 1130. The summed E-state index contributed by atoms with van der Waals surface area (Å²) in [5.74, 6) is 0.480. The van der Waals surface area contributed by atoms with Gasteiger partial charge in [0, 0.05) is 43.5 Å². The third-order valence-corrected chi connectivity index (χ3v) is 5.26. The fourth-order valence-corrected chi connectivity index (χ4v) is 3.52. The summed E-state index contributed by atoms with van der Waals surface area (Å²) < 4.78 is 44.5. The first-order valence-electron chi connectivity index (χ1n) is 10.2. The van der Waals surface area contributed by atoms with Crippen LogP contribution in [0.25, 0.3) is 0 Å². The van der Waals surface area contributed by atoms with Crippen molar-refractivity contribution in [1.29, 1.82) is 0 Å². The van der Waals surface area contributed by atoms with Crippen LogP contribution in [0.5, 0.6) is 11.5 Å². The quantitative estimate of drug-likeness (QED) is 0.582. The Labute approximate surface area is 188 Å². The van der Waals surface area contributed by atoms with Gasteiger partial charge in [0.15, 0.2) is 0 Å². The normalized spacial score (nSPS) is 14.2. The third-order valence-electron chi connectivity index (χ3n) is 5.26. The van der Waals surface area contributed by atoms with Gasteiger partial charge in [-0.3, -0.25) is 14.6 Å². The molecule has 0 N–H and O–H groups in total. The average Bonchev–Trinajstić information content (AvgIpc) is 2.84. The molecule has 1 saturated heterocycles. The smallest absolute Gasteiger partial charge is 0.416 e. The molecule has 0 bridgehead atoms. The molecule has 0 unspecified atom stereocenters. The van der Waals surface area contributed by atoms with Crippen LogP contribution in [0.3, 0.4) is 0 Å². The Hall–Kier alpha value is -3.88. The van der Waals surface area contributed by atoms with E-state index in [0.29, 0.717) is 17.1 Å². The fourth-order valence-electron chi connectivity index (χ4n) is 3.52. The van der Waals surface area contributed by atoms with Gasteiger partial charge in [0.2, 0.25) is 0 Å². The molecule has 3 aromatic rings. The van der Waals surface area contributed by atoms with E-state index < -0.39 is 17.6 Å². The summed E-state index contributed by atoms with van der Waals surface area (Å²) in [6.45, 7) is 1.06. The number of ether oxygens (including phenoxy) is 1. The number of hydrogen-bond donors (Lipinski definition) is 0. The summed E-state index contributed by atoms with van der Waals surface area (Å²) >= 11 is 0. The van der Waals surface area contributed by atoms with E-state index >= 15 is 0 Å². The number of nitrogens with zero attached hydrogens (tertiary/aromatic N) is 3. The molecule has 2 heterocycles. The van der Waals surface area contributed by atoms with Crippen LogP contribution in [0, 0.1) is 0 Å². The van der Waals surface area contributed by atoms with Crippen LogP contribution in [0.15, 0.2) is 73.1 Å². The highest BCUT2D eigenvalue weighted by Crippen LogP contribution is 2.30. The molecule has 0 saturated carbocycles. The van der Waals surface area contributed by atoms with Crippen LogP contribution in [0.1, 0.15) is 26.3 Å². The Balaban J connectivity index is 1.35. The Morgan fingerprint density at radius 2 is 1.42 bits per heavy atom. The van der Waals surface area contributed by atoms with Crippen LogP contribution in [-0.4, -0.2) is 52.8 Å². The van der Waals surface area contributed by atoms with E-state index in [-0.39, 0.29) is 37.6 Å². The zero-order valence-corrected chi connectivity index (χ0v) is 17.5. The summed E-state index contributed by atoms with van der Waals surface area (Å²) in [6.07, 6.45) is -1.29. The second kappa shape index (κ2) is 9.32. The molecular formula is C24H20F3N3O3. The van der Waals surface area contributed by atoms with E-state index in [1.807, 2.05) is 0 Å². The zero-order valence-electron chi connectivity index (χ0n) is 17.5. The highest BCUT2D eigenvalue weighted by atomic mass is 19.4. The van der Waals surface area contributed by atoms with Crippen molar-refractivity contribution < 1.29 is 27.5 Å². The monoisotopic (exact) mass is 455 g/mol. The van der Waals surface area contributed by atoms with Gasteiger partial charge in [0.25, 0.3) is 11.8 Å². The number of halogens is 3. The van der Waals surface area contributed by atoms with Crippen molar-refractivity contribution >= 4 is 11.8 Å². The topological polar surface area (TPSA) is 62.7 Å². The molecule has 0 aliphatic carbocycles. The third kappa shape index (κ3) is 5.31. The second-order valence-electron chi connectivity index (χ2n) is 7.48. The summed E-state index contributed by atoms with van der Waals surface area (Å²) in [4.78, 5) is 32.5. The van der Waals surface area contributed by atoms with Gasteiger partial charge < -0.3 is 14.5 Å². The van der Waals surface area contributed by atoms with Crippen molar-refractivity contribution in [2.45, 2.75) is 6.18 Å². The predicted octanol–water partition coefficient (Wildman–Crippen LogP) is 4.49. The number of carbonyl (C=O) groups excluding carboxylic acids is 2. The number of piperazine rings is 1. The molecule has 1 aromatic heterocycles. The van der Waals surface area contributed by atoms with E-state index in [1.54, 1.807) is 53.7 Å². The number of amides is 2. The molecule has 1 fully saturated rings. The standard InChI is InChI=1S/C24H20F3N3O3/c25-24(26,27)19-4-1-3-18(15-19)23(32)30-13-11-29(12-14-30)22(31)17-6-8-20(9-7-17)33-21-5-2-10-28-16-21/h1-10,15-16H,11-14H2. The number of hydrogen-bond acceptors (Lipinski definition) is 4. The van der Waals surface area contributed by atoms with Gasteiger partial charge in [0.05, 0.1) is 11.8 Å². The lowest BCUT2D eigenvalue weighted by molar-refractivity contribution is -0.137. The Morgan fingerprint density at radius 1 is 0.788 bits per heavy atom. The molecule has 0 radical (unpaired) electrons. The maximum atomic E-state index is 12.9. The number of carbonyl (C=O) groups is 2. The molecule has 4 rings (SSSR count). The van der Waals surface area contributed by atoms with E-state index in [9.17, 15) is 22.8 Å². The van der Waals surface area contributed by atoms with Gasteiger partial charge in [-0.25, -0.2) is 0 Å². The molecule has 170 valence electrons. The summed E-state index contributed by atoms with van der Waals surface area (Å²) in [5, 5.41) is 0. The Morgan fingerprint density at radius 3 is 2.00 bits per heavy atom. The Kier molecular flexibility index (Phi) is 6.30. The lowest BCUT2D eigenvalue weighted by Crippen LogP contribution is -2.50. The lowest BCUT2D eigenvalue weighted by Gasteiger charge is -2.35. The molecular weight excluding hydrogens is 435 g/mol. The minimum Gasteiger partial charge on any atom is -0.456 e.